The molecule has 100 valence electrons. The number of aromatic nitrogens is 2. The molecule has 2 N–H and O–H groups in total. The molecule has 1 aliphatic heterocycles. The number of hydrogen-bond acceptors (Lipinski definition) is 4. The summed E-state index contributed by atoms with van der Waals surface area (Å²) in [7, 11) is 0. The molecule has 0 spiro atoms. The Kier molecular flexibility index (Phi) is 3.31. The van der Waals surface area contributed by atoms with Crippen LogP contribution in [0.4, 0.5) is 0 Å². The van der Waals surface area contributed by atoms with Crippen LogP contribution in [-0.2, 0) is 6.54 Å². The normalized spacial score (nSPS) is 16.9. The number of rotatable bonds is 2. The van der Waals surface area contributed by atoms with Crippen LogP contribution in [0.25, 0.3) is 10.9 Å². The summed E-state index contributed by atoms with van der Waals surface area (Å²) in [4.78, 5) is 21.9. The zero-order valence-electron chi connectivity index (χ0n) is 11.1. The van der Waals surface area contributed by atoms with Crippen LogP contribution in [0.2, 0.25) is 0 Å². The van der Waals surface area contributed by atoms with Gasteiger partial charge in [-0.3, -0.25) is 9.69 Å². The summed E-state index contributed by atoms with van der Waals surface area (Å²) in [5, 5.41) is 3.99. The van der Waals surface area contributed by atoms with Gasteiger partial charge in [-0.15, -0.1) is 0 Å². The molecule has 0 unspecified atom stereocenters. The Morgan fingerprint density at radius 2 is 2.11 bits per heavy atom. The largest absolute Gasteiger partial charge is 0.314 e. The predicted octanol–water partition coefficient (Wildman–Crippen LogP) is 0.637. The summed E-state index contributed by atoms with van der Waals surface area (Å²) in [6.07, 6.45) is 0. The van der Waals surface area contributed by atoms with Crippen LogP contribution in [0.3, 0.4) is 0 Å². The molecular formula is C14H18N4O. The molecule has 3 rings (SSSR count). The Hall–Kier alpha value is -1.72. The maximum atomic E-state index is 12.1. The Balaban J connectivity index is 1.96. The fourth-order valence-electron chi connectivity index (χ4n) is 2.51. The number of nitrogens with one attached hydrogen (secondary N) is 2. The highest BCUT2D eigenvalue weighted by molar-refractivity contribution is 5.80. The van der Waals surface area contributed by atoms with Crippen LogP contribution < -0.4 is 10.9 Å². The molecule has 0 amide bonds. The molecule has 0 saturated carbocycles. The lowest BCUT2D eigenvalue weighted by molar-refractivity contribution is 0.228. The quantitative estimate of drug-likeness (QED) is 0.830. The molecule has 1 saturated heterocycles. The minimum atomic E-state index is -0.0427. The average molecular weight is 258 g/mol. The Bertz CT molecular complexity index is 643. The highest BCUT2D eigenvalue weighted by atomic mass is 16.1. The first kappa shape index (κ1) is 12.3. The van der Waals surface area contributed by atoms with Crippen LogP contribution in [0.1, 0.15) is 11.4 Å². The minimum Gasteiger partial charge on any atom is -0.314 e. The summed E-state index contributed by atoms with van der Waals surface area (Å²) in [5.41, 5.74) is 1.82. The third-order valence-corrected chi connectivity index (χ3v) is 3.57. The van der Waals surface area contributed by atoms with Gasteiger partial charge in [0.05, 0.1) is 17.4 Å². The molecule has 1 aromatic carbocycles. The van der Waals surface area contributed by atoms with Gasteiger partial charge in [-0.25, -0.2) is 4.98 Å². The van der Waals surface area contributed by atoms with Gasteiger partial charge in [-0.2, -0.15) is 0 Å². The monoisotopic (exact) mass is 258 g/mol. The van der Waals surface area contributed by atoms with Crippen LogP contribution in [-0.4, -0.2) is 41.0 Å². The van der Waals surface area contributed by atoms with E-state index in [1.807, 2.05) is 25.1 Å². The van der Waals surface area contributed by atoms with E-state index < -0.39 is 0 Å². The third kappa shape index (κ3) is 2.52. The molecule has 1 aliphatic rings. The highest BCUT2D eigenvalue weighted by Gasteiger charge is 2.12. The zero-order chi connectivity index (χ0) is 13.2. The van der Waals surface area contributed by atoms with E-state index in [4.69, 9.17) is 0 Å². The molecule has 1 aromatic heterocycles. The lowest BCUT2D eigenvalue weighted by Gasteiger charge is -2.26. The van der Waals surface area contributed by atoms with Gasteiger partial charge >= 0.3 is 0 Å². The second kappa shape index (κ2) is 5.11. The first-order chi connectivity index (χ1) is 9.24. The number of H-pyrrole nitrogens is 1. The number of nitrogens with zero attached hydrogens (tertiary/aromatic N) is 2. The molecule has 0 radical (unpaired) electrons. The van der Waals surface area contributed by atoms with Gasteiger partial charge in [0.1, 0.15) is 5.82 Å². The van der Waals surface area contributed by atoms with Crippen molar-refractivity contribution >= 4 is 10.9 Å². The summed E-state index contributed by atoms with van der Waals surface area (Å²) < 4.78 is 0. The first-order valence-electron chi connectivity index (χ1n) is 6.65. The van der Waals surface area contributed by atoms with Gasteiger partial charge in [0.2, 0.25) is 0 Å². The zero-order valence-corrected chi connectivity index (χ0v) is 11.1. The number of piperazine rings is 1. The highest BCUT2D eigenvalue weighted by Crippen LogP contribution is 2.12. The summed E-state index contributed by atoms with van der Waals surface area (Å²) in [6, 6.07) is 5.71. The van der Waals surface area contributed by atoms with Gasteiger partial charge in [0.25, 0.3) is 5.56 Å². The molecule has 0 bridgehead atoms. The standard InChI is InChI=1S/C14H18N4O/c1-10-3-2-4-11-13(10)16-12(17-14(11)19)9-18-7-5-15-6-8-18/h2-4,15H,5-9H2,1H3,(H,16,17,19). The van der Waals surface area contributed by atoms with E-state index >= 15 is 0 Å². The number of aryl methyl sites for hydroxylation is 1. The molecular weight excluding hydrogens is 240 g/mol. The molecule has 19 heavy (non-hydrogen) atoms. The average Bonchev–Trinajstić information content (AvgIpc) is 2.41. The lowest BCUT2D eigenvalue weighted by atomic mass is 10.1. The molecule has 5 heteroatoms. The lowest BCUT2D eigenvalue weighted by Crippen LogP contribution is -2.43. The smallest absolute Gasteiger partial charge is 0.258 e. The first-order valence-corrected chi connectivity index (χ1v) is 6.65. The Morgan fingerprint density at radius 1 is 1.32 bits per heavy atom. The third-order valence-electron chi connectivity index (χ3n) is 3.57. The van der Waals surface area contributed by atoms with E-state index in [1.54, 1.807) is 0 Å². The number of aromatic amines is 1. The Morgan fingerprint density at radius 3 is 2.89 bits per heavy atom. The van der Waals surface area contributed by atoms with Crippen LogP contribution in [0.5, 0.6) is 0 Å². The Labute approximate surface area is 111 Å². The van der Waals surface area contributed by atoms with Gasteiger partial charge in [0, 0.05) is 26.2 Å². The van der Waals surface area contributed by atoms with Gasteiger partial charge in [0.15, 0.2) is 0 Å². The number of fused-ring (bicyclic) bond motifs is 1. The maximum absolute atomic E-state index is 12.1. The second-order valence-corrected chi connectivity index (χ2v) is 5.01. The number of hydrogen-bond donors (Lipinski definition) is 2. The van der Waals surface area contributed by atoms with Crippen molar-refractivity contribution in [2.45, 2.75) is 13.5 Å². The van der Waals surface area contributed by atoms with E-state index in [0.717, 1.165) is 43.1 Å². The van der Waals surface area contributed by atoms with E-state index in [9.17, 15) is 4.79 Å². The summed E-state index contributed by atoms with van der Waals surface area (Å²) >= 11 is 0. The predicted molar refractivity (Wildman–Crippen MR) is 75.2 cm³/mol. The van der Waals surface area contributed by atoms with E-state index in [0.29, 0.717) is 11.9 Å². The van der Waals surface area contributed by atoms with Gasteiger partial charge in [-0.05, 0) is 18.6 Å². The molecule has 1 fully saturated rings. The molecule has 2 aromatic rings. The van der Waals surface area contributed by atoms with Crippen LogP contribution in [0.15, 0.2) is 23.0 Å². The fourth-order valence-corrected chi connectivity index (χ4v) is 2.51. The molecule has 2 heterocycles. The van der Waals surface area contributed by atoms with Crippen molar-refractivity contribution in [2.75, 3.05) is 26.2 Å². The van der Waals surface area contributed by atoms with Crippen molar-refractivity contribution in [1.29, 1.82) is 0 Å². The van der Waals surface area contributed by atoms with Crippen molar-refractivity contribution < 1.29 is 0 Å². The number of para-hydroxylation sites is 1. The van der Waals surface area contributed by atoms with E-state index in [-0.39, 0.29) is 5.56 Å². The van der Waals surface area contributed by atoms with Crippen molar-refractivity contribution in [3.05, 3.63) is 39.9 Å². The molecule has 0 atom stereocenters. The van der Waals surface area contributed by atoms with Gasteiger partial charge < -0.3 is 10.3 Å². The van der Waals surface area contributed by atoms with Crippen molar-refractivity contribution in [2.24, 2.45) is 0 Å². The van der Waals surface area contributed by atoms with Crippen LogP contribution >= 0.6 is 0 Å². The fraction of sp³-hybridized carbons (Fsp3) is 0.429. The number of benzene rings is 1. The van der Waals surface area contributed by atoms with Crippen molar-refractivity contribution in [3.8, 4) is 0 Å². The minimum absolute atomic E-state index is 0.0427. The van der Waals surface area contributed by atoms with Crippen molar-refractivity contribution in [3.63, 3.8) is 0 Å². The van der Waals surface area contributed by atoms with Crippen molar-refractivity contribution in [1.82, 2.24) is 20.2 Å². The maximum Gasteiger partial charge on any atom is 0.258 e. The van der Waals surface area contributed by atoms with E-state index in [2.05, 4.69) is 20.2 Å². The summed E-state index contributed by atoms with van der Waals surface area (Å²) in [5.74, 6) is 0.758. The molecule has 5 nitrogen and oxygen atoms in total. The summed E-state index contributed by atoms with van der Waals surface area (Å²) in [6.45, 7) is 6.68. The SMILES string of the molecule is Cc1cccc2c(=O)[nH]c(CN3CCNCC3)nc12. The van der Waals surface area contributed by atoms with Crippen LogP contribution in [0, 0.1) is 6.92 Å². The topological polar surface area (TPSA) is 61.0 Å². The second-order valence-electron chi connectivity index (χ2n) is 5.01. The molecule has 0 aliphatic carbocycles. The van der Waals surface area contributed by atoms with E-state index in [1.165, 1.54) is 0 Å². The van der Waals surface area contributed by atoms with Gasteiger partial charge in [-0.1, -0.05) is 12.1 Å².